The average molecular weight is 1500 g/mol. The number of esters is 6. The van der Waals surface area contributed by atoms with Crippen molar-refractivity contribution in [2.24, 2.45) is 0 Å². The molecule has 0 spiro atoms. The summed E-state index contributed by atoms with van der Waals surface area (Å²) in [6.45, 7) is 46.0. The lowest BCUT2D eigenvalue weighted by molar-refractivity contribution is -0.139. The molecule has 0 amide bonds. The van der Waals surface area contributed by atoms with E-state index in [4.69, 9.17) is 42.6 Å². The summed E-state index contributed by atoms with van der Waals surface area (Å²) in [5, 5.41) is 0. The van der Waals surface area contributed by atoms with E-state index in [2.05, 4.69) is 128 Å². The van der Waals surface area contributed by atoms with Gasteiger partial charge in [-0.1, -0.05) is 151 Å². The zero-order valence-corrected chi connectivity index (χ0v) is 67.7. The first kappa shape index (κ1) is 90.6. The lowest BCUT2D eigenvalue weighted by atomic mass is 9.74. The van der Waals surface area contributed by atoms with Crippen molar-refractivity contribution in [3.05, 3.63) is 231 Å². The molecule has 0 heterocycles. The maximum atomic E-state index is 14.0. The number of carbonyl (C=O) groups is 6. The van der Waals surface area contributed by atoms with Gasteiger partial charge in [-0.05, 0) is 270 Å². The molecule has 0 aliphatic carbocycles. The van der Waals surface area contributed by atoms with Gasteiger partial charge in [-0.25, -0.2) is 28.8 Å². The maximum Gasteiger partial charge on any atom is 0.336 e. The second-order valence-electron chi connectivity index (χ2n) is 31.6. The van der Waals surface area contributed by atoms with Gasteiger partial charge in [0.2, 0.25) is 0 Å². The Kier molecular flexibility index (Phi) is 36.2. The molecule has 15 nitrogen and oxygen atoms in total. The molecule has 0 aliphatic rings. The van der Waals surface area contributed by atoms with Crippen molar-refractivity contribution in [3.63, 3.8) is 0 Å². The maximum absolute atomic E-state index is 14.0. The van der Waals surface area contributed by atoms with Crippen LogP contribution in [0, 0.1) is 20.8 Å². The minimum Gasteiger partial charge on any atom is -0.494 e. The highest BCUT2D eigenvalue weighted by atomic mass is 16.6. The summed E-state index contributed by atoms with van der Waals surface area (Å²) in [5.74, 6) is 0.640. The van der Waals surface area contributed by atoms with E-state index in [1.807, 2.05) is 91.0 Å². The molecule has 6 aromatic rings. The number of unbranched alkanes of at least 4 members (excludes halogenated alkanes) is 9. The van der Waals surface area contributed by atoms with Crippen LogP contribution in [0.25, 0.3) is 18.2 Å². The van der Waals surface area contributed by atoms with Crippen LogP contribution in [0.1, 0.15) is 260 Å². The number of aryl methyl sites for hydroxylation is 3. The summed E-state index contributed by atoms with van der Waals surface area (Å²) in [4.78, 5) is 76.6. The highest BCUT2D eigenvalue weighted by Crippen LogP contribution is 2.47. The molecule has 0 bridgehead atoms. The summed E-state index contributed by atoms with van der Waals surface area (Å²) in [7, 11) is 0. The fourth-order valence-electron chi connectivity index (χ4n) is 12.3. The van der Waals surface area contributed by atoms with E-state index >= 15 is 0 Å². The Morgan fingerprint density at radius 2 is 0.609 bits per heavy atom. The molecule has 592 valence electrons. The normalized spacial score (nSPS) is 12.0. The van der Waals surface area contributed by atoms with Gasteiger partial charge in [0.25, 0.3) is 0 Å². The number of hydrogen-bond acceptors (Lipinski definition) is 15. The van der Waals surface area contributed by atoms with Gasteiger partial charge in [-0.15, -0.1) is 0 Å². The Hall–Kier alpha value is -10.0. The lowest BCUT2D eigenvalue weighted by Crippen LogP contribution is -2.20. The van der Waals surface area contributed by atoms with Gasteiger partial charge in [0.1, 0.15) is 34.5 Å². The molecule has 0 saturated carbocycles. The third kappa shape index (κ3) is 30.4. The van der Waals surface area contributed by atoms with E-state index in [0.29, 0.717) is 80.0 Å². The molecule has 1 unspecified atom stereocenters. The van der Waals surface area contributed by atoms with Crippen molar-refractivity contribution in [3.8, 4) is 34.5 Å². The molecule has 6 aromatic carbocycles. The Morgan fingerprint density at radius 3 is 0.864 bits per heavy atom. The van der Waals surface area contributed by atoms with Crippen LogP contribution in [0.5, 0.6) is 34.5 Å². The monoisotopic (exact) mass is 1500 g/mol. The van der Waals surface area contributed by atoms with Crippen molar-refractivity contribution in [2.75, 3.05) is 39.6 Å². The minimum absolute atomic E-state index is 0. The lowest BCUT2D eigenvalue weighted by Gasteiger charge is -2.32. The first-order chi connectivity index (χ1) is 51.6. The molecule has 0 aliphatic heterocycles. The summed E-state index contributed by atoms with van der Waals surface area (Å²) in [5.41, 5.74) is 10.8. The average Bonchev–Trinajstić information content (AvgIpc) is 0.762. The van der Waals surface area contributed by atoms with E-state index in [1.54, 1.807) is 39.0 Å². The van der Waals surface area contributed by atoms with Crippen LogP contribution in [0.3, 0.4) is 0 Å². The van der Waals surface area contributed by atoms with Crippen LogP contribution in [-0.2, 0) is 59.2 Å². The van der Waals surface area contributed by atoms with Gasteiger partial charge in [-0.2, -0.15) is 0 Å². The largest absolute Gasteiger partial charge is 0.494 e. The first-order valence-electron chi connectivity index (χ1n) is 38.4. The van der Waals surface area contributed by atoms with E-state index in [1.165, 1.54) is 18.2 Å². The van der Waals surface area contributed by atoms with Crippen LogP contribution in [0.4, 0.5) is 0 Å². The van der Waals surface area contributed by atoms with Crippen molar-refractivity contribution in [1.82, 2.24) is 0 Å². The quantitative estimate of drug-likeness (QED) is 0.0116. The third-order valence-corrected chi connectivity index (χ3v) is 18.6. The number of carbonyl (C=O) groups excluding carboxylic acids is 6. The van der Waals surface area contributed by atoms with E-state index in [-0.39, 0.29) is 37.2 Å². The Morgan fingerprint density at radius 1 is 0.364 bits per heavy atom. The Labute approximate surface area is 656 Å². The number of rotatable bonds is 41. The van der Waals surface area contributed by atoms with Crippen molar-refractivity contribution in [1.29, 1.82) is 0 Å². The molecular formula is C95H122O15. The zero-order valence-electron chi connectivity index (χ0n) is 67.7. The van der Waals surface area contributed by atoms with Crippen molar-refractivity contribution >= 4 is 54.0 Å². The van der Waals surface area contributed by atoms with E-state index in [0.717, 1.165) is 161 Å². The molecule has 0 N–H and O–H groups in total. The molecular weight excluding hydrogens is 1380 g/mol. The SMILES string of the molecule is C.C=C(C)C(=O)OCCCCCCOc1ccc(/C=C/C(=O)Oc2cc(C)c(C(C)CC(c3cc(C(C)(C)C)c(OC(=O)/C=C/c4ccc(OCCCCCCOC(=O)C(=C)C)cc4)cc3C)c3cc(C(C)(C)C)c(OC(=O)/C=C/c4ccc(OCCCCCCOC(=O)C(=C)C)cc4)cc3C)cc2C(C)(C)C)cc1. The highest BCUT2D eigenvalue weighted by Gasteiger charge is 2.32. The van der Waals surface area contributed by atoms with Gasteiger partial charge < -0.3 is 42.6 Å². The molecule has 110 heavy (non-hydrogen) atoms. The number of ether oxygens (including phenoxy) is 9. The van der Waals surface area contributed by atoms with Crippen molar-refractivity contribution < 1.29 is 71.4 Å². The molecule has 15 heteroatoms. The molecule has 0 saturated heterocycles. The second kappa shape index (κ2) is 44.0. The fourth-order valence-corrected chi connectivity index (χ4v) is 12.3. The molecule has 6 rings (SSSR count). The van der Waals surface area contributed by atoms with Gasteiger partial charge >= 0.3 is 35.8 Å². The smallest absolute Gasteiger partial charge is 0.336 e. The molecule has 0 fully saturated rings. The second-order valence-corrected chi connectivity index (χ2v) is 31.6. The van der Waals surface area contributed by atoms with Crippen LogP contribution in [0.2, 0.25) is 0 Å². The predicted octanol–water partition coefficient (Wildman–Crippen LogP) is 22.5. The molecule has 0 aromatic heterocycles. The zero-order chi connectivity index (χ0) is 80.0. The molecule has 0 radical (unpaired) electrons. The predicted molar refractivity (Wildman–Crippen MR) is 444 cm³/mol. The number of hydrogen-bond donors (Lipinski definition) is 0. The summed E-state index contributed by atoms with van der Waals surface area (Å²) in [6, 6.07) is 35.2. The standard InChI is InChI=1S/C94H118O15.CH4/c1-63(2)89(98)104-53-29-23-20-26-50-101-73-41-32-70(33-42-73)38-47-86(95)107-83-57-67(8)76(60-80(83)92(11,12)13)66(7)56-79(77-61-81(93(14,15)16)84(58-68(77)9)108-87(96)48-39-71-34-43-74(44-35-71)102-51-27-21-24-30-54-105-90(99)64(3)4)78-62-82(94(17,18)19)85(59-69(78)10)109-88(97)49-40-72-36-45-75(46-37-72)103-52-28-22-25-31-55-106-91(100)65(5)6;/h32-49,57-62,66,79H,1,3,5,20-31,50-56H2,2,4,6-19H3;1H4/b47-38+,48-39+,49-40+;. The summed E-state index contributed by atoms with van der Waals surface area (Å²) in [6.07, 6.45) is 20.7. The van der Waals surface area contributed by atoms with Gasteiger partial charge in [-0.3, -0.25) is 0 Å². The van der Waals surface area contributed by atoms with Crippen LogP contribution in [-0.4, -0.2) is 75.5 Å². The summed E-state index contributed by atoms with van der Waals surface area (Å²) < 4.78 is 52.4. The van der Waals surface area contributed by atoms with E-state index in [9.17, 15) is 28.8 Å². The number of benzene rings is 6. The van der Waals surface area contributed by atoms with Crippen LogP contribution >= 0.6 is 0 Å². The van der Waals surface area contributed by atoms with Gasteiger partial charge in [0.05, 0.1) is 39.6 Å². The Balaban J connectivity index is 0.0000217. The Bertz CT molecular complexity index is 4000. The topological polar surface area (TPSA) is 185 Å². The minimum atomic E-state index is -0.520. The van der Waals surface area contributed by atoms with Crippen LogP contribution < -0.4 is 28.4 Å². The van der Waals surface area contributed by atoms with Crippen LogP contribution in [0.15, 0.2) is 164 Å². The molecule has 1 atom stereocenters. The van der Waals surface area contributed by atoms with Gasteiger partial charge in [0.15, 0.2) is 0 Å². The highest BCUT2D eigenvalue weighted by molar-refractivity contribution is 5.91. The summed E-state index contributed by atoms with van der Waals surface area (Å²) >= 11 is 0. The third-order valence-electron chi connectivity index (χ3n) is 18.6. The fraction of sp³-hybridized carbons (Fsp3) is 0.432. The first-order valence-corrected chi connectivity index (χ1v) is 38.4. The van der Waals surface area contributed by atoms with Gasteiger partial charge in [0, 0.05) is 57.6 Å². The van der Waals surface area contributed by atoms with E-state index < -0.39 is 34.2 Å². The van der Waals surface area contributed by atoms with Crippen molar-refractivity contribution in [2.45, 2.75) is 230 Å².